The highest BCUT2D eigenvalue weighted by Gasteiger charge is 2.24. The number of hydrogen-bond donors (Lipinski definition) is 1. The maximum absolute atomic E-state index is 13.4. The quantitative estimate of drug-likeness (QED) is 0.680. The van der Waals surface area contributed by atoms with Crippen molar-refractivity contribution in [2.75, 3.05) is 43.5 Å². The molecule has 1 aliphatic heterocycles. The Morgan fingerprint density at radius 2 is 2.00 bits per heavy atom. The molecule has 1 aliphatic rings. The van der Waals surface area contributed by atoms with Crippen LogP contribution in [0, 0.1) is 5.82 Å². The van der Waals surface area contributed by atoms with Gasteiger partial charge in [-0.05, 0) is 36.4 Å². The van der Waals surface area contributed by atoms with Crippen LogP contribution in [0.2, 0.25) is 5.02 Å². The first-order valence-corrected chi connectivity index (χ1v) is 9.93. The summed E-state index contributed by atoms with van der Waals surface area (Å²) in [5, 5.41) is 4.22. The van der Waals surface area contributed by atoms with Crippen LogP contribution in [0.25, 0.3) is 10.2 Å². The van der Waals surface area contributed by atoms with Crippen molar-refractivity contribution in [3.8, 4) is 5.75 Å². The summed E-state index contributed by atoms with van der Waals surface area (Å²) in [6, 6.07) is 9.48. The zero-order valence-corrected chi connectivity index (χ0v) is 16.7. The van der Waals surface area contributed by atoms with E-state index in [2.05, 4.69) is 15.2 Å². The van der Waals surface area contributed by atoms with Crippen molar-refractivity contribution in [2.24, 2.45) is 0 Å². The molecule has 6 nitrogen and oxygen atoms in total. The molecule has 1 aromatic heterocycles. The molecule has 0 unspecified atom stereocenters. The average Bonchev–Trinajstić information content (AvgIpc) is 3.11. The van der Waals surface area contributed by atoms with Crippen molar-refractivity contribution in [2.45, 2.75) is 0 Å². The molecule has 1 saturated heterocycles. The van der Waals surface area contributed by atoms with E-state index in [1.54, 1.807) is 36.3 Å². The summed E-state index contributed by atoms with van der Waals surface area (Å²) in [6.45, 7) is 2.42. The SMILES string of the molecule is COc1ccc(Cl)cc1NC(=O)N1CCN(c2nc3ccc(F)cc3s2)CC1. The van der Waals surface area contributed by atoms with Gasteiger partial charge in [0.25, 0.3) is 0 Å². The minimum absolute atomic E-state index is 0.202. The highest BCUT2D eigenvalue weighted by atomic mass is 35.5. The fourth-order valence-corrected chi connectivity index (χ4v) is 4.31. The van der Waals surface area contributed by atoms with Gasteiger partial charge in [0.05, 0.1) is 23.0 Å². The summed E-state index contributed by atoms with van der Waals surface area (Å²) in [4.78, 5) is 21.0. The molecule has 0 aliphatic carbocycles. The first kappa shape index (κ1) is 18.8. The van der Waals surface area contributed by atoms with Crippen molar-refractivity contribution in [1.82, 2.24) is 9.88 Å². The van der Waals surface area contributed by atoms with Gasteiger partial charge in [-0.3, -0.25) is 0 Å². The minimum atomic E-state index is -0.263. The highest BCUT2D eigenvalue weighted by Crippen LogP contribution is 2.30. The summed E-state index contributed by atoms with van der Waals surface area (Å²) >= 11 is 7.48. The Hall–Kier alpha value is -2.58. The molecule has 2 aromatic carbocycles. The van der Waals surface area contributed by atoms with Gasteiger partial charge in [0.1, 0.15) is 11.6 Å². The van der Waals surface area contributed by atoms with Gasteiger partial charge < -0.3 is 19.9 Å². The number of urea groups is 1. The van der Waals surface area contributed by atoms with Gasteiger partial charge in [0, 0.05) is 31.2 Å². The summed E-state index contributed by atoms with van der Waals surface area (Å²) < 4.78 is 19.5. The Morgan fingerprint density at radius 3 is 2.75 bits per heavy atom. The second-order valence-corrected chi connectivity index (χ2v) is 7.80. The van der Waals surface area contributed by atoms with Crippen LogP contribution in [0.4, 0.5) is 20.0 Å². The lowest BCUT2D eigenvalue weighted by Crippen LogP contribution is -2.50. The lowest BCUT2D eigenvalue weighted by molar-refractivity contribution is 0.208. The number of halogens is 2. The molecule has 0 saturated carbocycles. The fraction of sp³-hybridized carbons (Fsp3) is 0.263. The molecule has 4 rings (SSSR count). The van der Waals surface area contributed by atoms with Gasteiger partial charge in [0.15, 0.2) is 5.13 Å². The number of ether oxygens (including phenoxy) is 1. The van der Waals surface area contributed by atoms with Crippen molar-refractivity contribution in [3.05, 3.63) is 47.2 Å². The normalized spacial score (nSPS) is 14.4. The molecule has 0 bridgehead atoms. The molecule has 9 heteroatoms. The van der Waals surface area contributed by atoms with E-state index >= 15 is 0 Å². The Kier molecular flexibility index (Phi) is 5.23. The van der Waals surface area contributed by atoms with Crippen molar-refractivity contribution in [3.63, 3.8) is 0 Å². The molecule has 0 spiro atoms. The summed E-state index contributed by atoms with van der Waals surface area (Å²) in [5.41, 5.74) is 1.32. The van der Waals surface area contributed by atoms with E-state index in [1.807, 2.05) is 0 Å². The van der Waals surface area contributed by atoms with Gasteiger partial charge in [-0.25, -0.2) is 14.2 Å². The van der Waals surface area contributed by atoms with Crippen LogP contribution in [0.15, 0.2) is 36.4 Å². The van der Waals surface area contributed by atoms with E-state index in [1.165, 1.54) is 23.5 Å². The molecule has 146 valence electrons. The van der Waals surface area contributed by atoms with Crippen molar-refractivity contribution < 1.29 is 13.9 Å². The Balaban J connectivity index is 1.40. The zero-order chi connectivity index (χ0) is 19.7. The Bertz CT molecular complexity index is 1020. The van der Waals surface area contributed by atoms with Gasteiger partial charge in [0.2, 0.25) is 0 Å². The molecule has 0 radical (unpaired) electrons. The average molecular weight is 421 g/mol. The molecule has 1 N–H and O–H groups in total. The lowest BCUT2D eigenvalue weighted by atomic mass is 10.3. The number of piperazine rings is 1. The van der Waals surface area contributed by atoms with Crippen molar-refractivity contribution >= 4 is 50.0 Å². The minimum Gasteiger partial charge on any atom is -0.495 e. The third-order valence-electron chi connectivity index (χ3n) is 4.58. The molecular weight excluding hydrogens is 403 g/mol. The smallest absolute Gasteiger partial charge is 0.322 e. The first-order valence-electron chi connectivity index (χ1n) is 8.74. The van der Waals surface area contributed by atoms with Gasteiger partial charge in [-0.1, -0.05) is 22.9 Å². The number of nitrogens with zero attached hydrogens (tertiary/aromatic N) is 3. The fourth-order valence-electron chi connectivity index (χ4n) is 3.09. The van der Waals surface area contributed by atoms with Gasteiger partial charge in [-0.15, -0.1) is 0 Å². The van der Waals surface area contributed by atoms with Gasteiger partial charge in [-0.2, -0.15) is 0 Å². The van der Waals surface area contributed by atoms with E-state index < -0.39 is 0 Å². The number of nitrogens with one attached hydrogen (secondary N) is 1. The first-order chi connectivity index (χ1) is 13.5. The number of hydrogen-bond acceptors (Lipinski definition) is 5. The largest absolute Gasteiger partial charge is 0.495 e. The molecule has 2 heterocycles. The van der Waals surface area contributed by atoms with E-state index in [0.29, 0.717) is 42.6 Å². The topological polar surface area (TPSA) is 57.7 Å². The number of rotatable bonds is 3. The molecule has 28 heavy (non-hydrogen) atoms. The van der Waals surface area contributed by atoms with Crippen LogP contribution < -0.4 is 15.0 Å². The number of carbonyl (C=O) groups is 1. The summed E-state index contributed by atoms with van der Waals surface area (Å²) in [5.74, 6) is 0.290. The lowest BCUT2D eigenvalue weighted by Gasteiger charge is -2.34. The van der Waals surface area contributed by atoms with E-state index in [0.717, 1.165) is 15.3 Å². The predicted molar refractivity (Wildman–Crippen MR) is 110 cm³/mol. The second kappa shape index (κ2) is 7.81. The third kappa shape index (κ3) is 3.83. The Labute approximate surface area is 170 Å². The number of carbonyl (C=O) groups excluding carboxylic acids is 1. The highest BCUT2D eigenvalue weighted by molar-refractivity contribution is 7.22. The molecule has 3 aromatic rings. The Morgan fingerprint density at radius 1 is 1.21 bits per heavy atom. The number of thiazole rings is 1. The third-order valence-corrected chi connectivity index (χ3v) is 5.89. The van der Waals surface area contributed by atoms with Crippen LogP contribution in [0.5, 0.6) is 5.75 Å². The monoisotopic (exact) mass is 420 g/mol. The number of amides is 2. The predicted octanol–water partition coefficient (Wildman–Crippen LogP) is 4.45. The van der Waals surface area contributed by atoms with Crippen molar-refractivity contribution in [1.29, 1.82) is 0 Å². The number of benzene rings is 2. The maximum atomic E-state index is 13.4. The zero-order valence-electron chi connectivity index (χ0n) is 15.1. The summed E-state index contributed by atoms with van der Waals surface area (Å²) in [6.07, 6.45) is 0. The number of aromatic nitrogens is 1. The molecule has 2 amide bonds. The van der Waals surface area contributed by atoms with Crippen LogP contribution >= 0.6 is 22.9 Å². The van der Waals surface area contributed by atoms with Crippen LogP contribution in [-0.2, 0) is 0 Å². The number of methoxy groups -OCH3 is 1. The van der Waals surface area contributed by atoms with Gasteiger partial charge >= 0.3 is 6.03 Å². The standard InChI is InChI=1S/C19H18ClFN4O2S/c1-27-16-5-2-12(20)10-15(16)22-18(26)24-6-8-25(9-7-24)19-23-14-4-3-13(21)11-17(14)28-19/h2-5,10-11H,6-9H2,1H3,(H,22,26). The molecule has 1 fully saturated rings. The van der Waals surface area contributed by atoms with E-state index in [9.17, 15) is 9.18 Å². The van der Waals surface area contributed by atoms with Crippen LogP contribution in [0.1, 0.15) is 0 Å². The molecular formula is C19H18ClFN4O2S. The van der Waals surface area contributed by atoms with E-state index in [4.69, 9.17) is 16.3 Å². The van der Waals surface area contributed by atoms with Crippen LogP contribution in [-0.4, -0.2) is 49.2 Å². The second-order valence-electron chi connectivity index (χ2n) is 6.36. The maximum Gasteiger partial charge on any atom is 0.322 e. The van der Waals surface area contributed by atoms with E-state index in [-0.39, 0.29) is 11.8 Å². The number of fused-ring (bicyclic) bond motifs is 1. The molecule has 0 atom stereocenters. The number of anilines is 2. The summed E-state index contributed by atoms with van der Waals surface area (Å²) in [7, 11) is 1.54. The van der Waals surface area contributed by atoms with Crippen LogP contribution in [0.3, 0.4) is 0 Å².